The van der Waals surface area contributed by atoms with Crippen LogP contribution < -0.4 is 4.74 Å². The number of thioether (sulfide) groups is 1. The molecule has 0 saturated carbocycles. The third-order valence-corrected chi connectivity index (χ3v) is 8.33. The highest BCUT2D eigenvalue weighted by molar-refractivity contribution is 7.99. The normalized spacial score (nSPS) is 19.1. The average molecular weight is 527 g/mol. The number of carboxylic acid groups (broad SMARTS) is 1. The number of halogens is 1. The Labute approximate surface area is 221 Å². The van der Waals surface area contributed by atoms with Gasteiger partial charge >= 0.3 is 5.97 Å². The number of fused-ring (bicyclic) bond motifs is 1. The minimum atomic E-state index is -0.772. The van der Waals surface area contributed by atoms with Crippen LogP contribution >= 0.6 is 11.8 Å². The first-order valence-electron chi connectivity index (χ1n) is 12.9. The van der Waals surface area contributed by atoms with Gasteiger partial charge in [-0.1, -0.05) is 6.07 Å². The fourth-order valence-corrected chi connectivity index (χ4v) is 6.20. The average Bonchev–Trinajstić information content (AvgIpc) is 2.89. The topological polar surface area (TPSA) is 82.9 Å². The van der Waals surface area contributed by atoms with Crippen LogP contribution in [-0.4, -0.2) is 58.6 Å². The molecule has 8 heteroatoms. The van der Waals surface area contributed by atoms with Gasteiger partial charge in [0.05, 0.1) is 18.7 Å². The predicted octanol–water partition coefficient (Wildman–Crippen LogP) is 5.79. The van der Waals surface area contributed by atoms with Gasteiger partial charge in [0.25, 0.3) is 0 Å². The van der Waals surface area contributed by atoms with Crippen LogP contribution in [0.3, 0.4) is 0 Å². The second-order valence-corrected chi connectivity index (χ2v) is 10.9. The van der Waals surface area contributed by atoms with Crippen molar-refractivity contribution in [1.82, 2.24) is 9.88 Å². The van der Waals surface area contributed by atoms with E-state index in [9.17, 15) is 19.4 Å². The number of nitrogens with zero attached hydrogens (tertiary/aromatic N) is 2. The van der Waals surface area contributed by atoms with Gasteiger partial charge in [0.1, 0.15) is 11.6 Å². The Balaban J connectivity index is 1.31. The summed E-state index contributed by atoms with van der Waals surface area (Å²) in [5, 5.41) is 21.5. The number of aliphatic hydroxyl groups excluding tert-OH is 1. The molecule has 0 unspecified atom stereocenters. The Hall–Kier alpha value is -2.68. The van der Waals surface area contributed by atoms with Crippen LogP contribution in [0.25, 0.3) is 10.9 Å². The number of ether oxygens (including phenoxy) is 1. The molecule has 2 heterocycles. The molecule has 2 aromatic carbocycles. The molecule has 0 radical (unpaired) electrons. The number of piperidine rings is 1. The van der Waals surface area contributed by atoms with Crippen molar-refractivity contribution in [3.63, 3.8) is 0 Å². The molecular formula is C29H35FN2O4S. The lowest BCUT2D eigenvalue weighted by molar-refractivity contribution is -0.139. The molecule has 1 aliphatic rings. The van der Waals surface area contributed by atoms with Gasteiger partial charge in [-0.2, -0.15) is 0 Å². The van der Waals surface area contributed by atoms with Crippen LogP contribution in [-0.2, 0) is 4.79 Å². The van der Waals surface area contributed by atoms with E-state index in [0.29, 0.717) is 6.42 Å². The van der Waals surface area contributed by atoms with E-state index in [1.807, 2.05) is 30.3 Å². The van der Waals surface area contributed by atoms with Gasteiger partial charge in [-0.3, -0.25) is 9.78 Å². The highest BCUT2D eigenvalue weighted by Crippen LogP contribution is 2.35. The number of benzene rings is 2. The van der Waals surface area contributed by atoms with Crippen molar-refractivity contribution in [2.75, 3.05) is 32.5 Å². The van der Waals surface area contributed by atoms with Crippen molar-refractivity contribution in [3.05, 3.63) is 66.1 Å². The quantitative estimate of drug-likeness (QED) is 0.228. The molecule has 1 fully saturated rings. The Morgan fingerprint density at radius 2 is 2.11 bits per heavy atom. The Bertz CT molecular complexity index is 1190. The number of hydrogen-bond acceptors (Lipinski definition) is 6. The van der Waals surface area contributed by atoms with Gasteiger partial charge in [-0.25, -0.2) is 4.39 Å². The zero-order valence-electron chi connectivity index (χ0n) is 21.2. The van der Waals surface area contributed by atoms with Gasteiger partial charge < -0.3 is 19.8 Å². The van der Waals surface area contributed by atoms with Crippen LogP contribution in [0, 0.1) is 17.7 Å². The molecule has 1 saturated heterocycles. The summed E-state index contributed by atoms with van der Waals surface area (Å²) in [6, 6.07) is 14.1. The lowest BCUT2D eigenvalue weighted by atomic mass is 9.79. The Morgan fingerprint density at radius 3 is 2.89 bits per heavy atom. The van der Waals surface area contributed by atoms with Gasteiger partial charge in [-0.15, -0.1) is 11.8 Å². The summed E-state index contributed by atoms with van der Waals surface area (Å²) in [5.74, 6) is 0.938. The van der Waals surface area contributed by atoms with E-state index in [2.05, 4.69) is 9.88 Å². The number of rotatable bonds is 12. The lowest BCUT2D eigenvalue weighted by Crippen LogP contribution is -2.42. The lowest BCUT2D eigenvalue weighted by Gasteiger charge is -2.38. The first kappa shape index (κ1) is 27.4. The highest BCUT2D eigenvalue weighted by Gasteiger charge is 2.31. The maximum absolute atomic E-state index is 13.4. The first-order valence-corrected chi connectivity index (χ1v) is 13.8. The Kier molecular flexibility index (Phi) is 9.77. The molecule has 198 valence electrons. The summed E-state index contributed by atoms with van der Waals surface area (Å²) in [6.45, 7) is 2.59. The van der Waals surface area contributed by atoms with Gasteiger partial charge in [0.2, 0.25) is 0 Å². The number of likely N-dealkylation sites (tertiary alicyclic amines) is 1. The number of aliphatic hydroxyl groups is 1. The van der Waals surface area contributed by atoms with E-state index in [4.69, 9.17) is 4.74 Å². The number of carboxylic acids is 1. The maximum atomic E-state index is 13.4. The number of aliphatic carboxylic acids is 1. The summed E-state index contributed by atoms with van der Waals surface area (Å²) in [7, 11) is 1.62. The molecule has 3 atom stereocenters. The van der Waals surface area contributed by atoms with E-state index in [-0.39, 0.29) is 24.1 Å². The minimum Gasteiger partial charge on any atom is -0.497 e. The van der Waals surface area contributed by atoms with Crippen LogP contribution in [0.2, 0.25) is 0 Å². The van der Waals surface area contributed by atoms with Crippen LogP contribution in [0.4, 0.5) is 4.39 Å². The third-order valence-electron chi connectivity index (χ3n) is 7.25. The molecule has 2 N–H and O–H groups in total. The van der Waals surface area contributed by atoms with E-state index in [0.717, 1.165) is 71.8 Å². The number of methoxy groups -OCH3 is 1. The highest BCUT2D eigenvalue weighted by atomic mass is 32.2. The number of carbonyl (C=O) groups is 1. The minimum absolute atomic E-state index is 0.0589. The molecule has 0 bridgehead atoms. The Morgan fingerprint density at radius 1 is 1.24 bits per heavy atom. The van der Waals surface area contributed by atoms with Crippen molar-refractivity contribution < 1.29 is 24.1 Å². The van der Waals surface area contributed by atoms with Crippen LogP contribution in [0.1, 0.15) is 43.8 Å². The van der Waals surface area contributed by atoms with Crippen molar-refractivity contribution in [1.29, 1.82) is 0 Å². The molecule has 0 spiro atoms. The monoisotopic (exact) mass is 526 g/mol. The van der Waals surface area contributed by atoms with Crippen molar-refractivity contribution >= 4 is 28.6 Å². The molecule has 0 aliphatic carbocycles. The first-order chi connectivity index (χ1) is 17.9. The van der Waals surface area contributed by atoms with Crippen LogP contribution in [0.5, 0.6) is 5.75 Å². The summed E-state index contributed by atoms with van der Waals surface area (Å²) >= 11 is 1.65. The van der Waals surface area contributed by atoms with Crippen molar-refractivity contribution in [2.24, 2.45) is 11.8 Å². The van der Waals surface area contributed by atoms with Gasteiger partial charge in [0.15, 0.2) is 0 Å². The van der Waals surface area contributed by atoms with Gasteiger partial charge in [-0.05, 0) is 104 Å². The van der Waals surface area contributed by atoms with E-state index in [1.165, 1.54) is 6.07 Å². The fourth-order valence-electron chi connectivity index (χ4n) is 5.32. The molecule has 3 aromatic rings. The number of hydrogen-bond donors (Lipinski definition) is 2. The third kappa shape index (κ3) is 7.66. The molecular weight excluding hydrogens is 491 g/mol. The van der Waals surface area contributed by atoms with Crippen molar-refractivity contribution in [3.8, 4) is 5.75 Å². The van der Waals surface area contributed by atoms with E-state index in [1.54, 1.807) is 37.2 Å². The zero-order chi connectivity index (χ0) is 26.2. The molecule has 0 amide bonds. The zero-order valence-corrected chi connectivity index (χ0v) is 22.0. The van der Waals surface area contributed by atoms with E-state index < -0.39 is 12.1 Å². The maximum Gasteiger partial charge on any atom is 0.303 e. The molecule has 1 aliphatic heterocycles. The largest absolute Gasteiger partial charge is 0.497 e. The summed E-state index contributed by atoms with van der Waals surface area (Å²) in [5.41, 5.74) is 1.64. The summed E-state index contributed by atoms with van der Waals surface area (Å²) in [4.78, 5) is 19.3. The standard InChI is InChI=1S/C29H35FN2O4S/c1-36-23-7-8-27-26(18-23)25(10-12-31-27)28(33)9-6-20-11-14-32(19-21(20)16-29(34)35)13-3-15-37-24-5-2-4-22(30)17-24/h2,4-5,7-8,10,12,17-18,20-21,28,33H,3,6,9,11,13-16,19H2,1H3,(H,34,35)/t20-,21+,28+/m1/s1. The summed E-state index contributed by atoms with van der Waals surface area (Å²) in [6.07, 6.45) is 4.43. The van der Waals surface area contributed by atoms with E-state index >= 15 is 0 Å². The smallest absolute Gasteiger partial charge is 0.303 e. The predicted molar refractivity (Wildman–Crippen MR) is 145 cm³/mol. The number of aromatic nitrogens is 1. The van der Waals surface area contributed by atoms with Crippen molar-refractivity contribution in [2.45, 2.75) is 43.1 Å². The fraction of sp³-hybridized carbons (Fsp3) is 0.448. The second kappa shape index (κ2) is 13.2. The van der Waals surface area contributed by atoms with Crippen LogP contribution in [0.15, 0.2) is 59.6 Å². The summed E-state index contributed by atoms with van der Waals surface area (Å²) < 4.78 is 18.7. The number of pyridine rings is 1. The second-order valence-electron chi connectivity index (χ2n) is 9.74. The van der Waals surface area contributed by atoms with Gasteiger partial charge in [0, 0.05) is 29.4 Å². The molecule has 6 nitrogen and oxygen atoms in total. The SMILES string of the molecule is COc1ccc2nccc([C@@H](O)CC[C@@H]3CCN(CCCSc4cccc(F)c4)C[C@@H]3CC(=O)O)c2c1. The molecule has 4 rings (SSSR count). The molecule has 1 aromatic heterocycles. The molecule has 37 heavy (non-hydrogen) atoms.